The maximum atomic E-state index is 13.0. The maximum Gasteiger partial charge on any atom is 0.322 e. The number of urea groups is 1. The molecule has 29 heavy (non-hydrogen) atoms. The second-order valence-corrected chi connectivity index (χ2v) is 6.29. The van der Waals surface area contributed by atoms with Gasteiger partial charge in [0.15, 0.2) is 11.5 Å². The first kappa shape index (κ1) is 20.1. The summed E-state index contributed by atoms with van der Waals surface area (Å²) in [6.45, 7) is 0.675. The SMILES string of the molecule is COc1cccc(NC(=O)N(Cc2ccc(OC)c(OC)c2)Cc2ccco2)c1. The first-order chi connectivity index (χ1) is 14.1. The molecule has 0 atom stereocenters. The van der Waals surface area contributed by atoms with Crippen LogP contribution in [0.1, 0.15) is 11.3 Å². The van der Waals surface area contributed by atoms with Gasteiger partial charge in [0.05, 0.1) is 34.1 Å². The number of anilines is 1. The lowest BCUT2D eigenvalue weighted by Crippen LogP contribution is -2.34. The van der Waals surface area contributed by atoms with Crippen LogP contribution in [0.15, 0.2) is 65.3 Å². The Hall–Kier alpha value is -3.61. The Kier molecular flexibility index (Phi) is 6.63. The highest BCUT2D eigenvalue weighted by Gasteiger charge is 2.17. The Bertz CT molecular complexity index is 940. The van der Waals surface area contributed by atoms with Crippen molar-refractivity contribution in [3.05, 3.63) is 72.2 Å². The van der Waals surface area contributed by atoms with Gasteiger partial charge in [-0.3, -0.25) is 0 Å². The van der Waals surface area contributed by atoms with Crippen molar-refractivity contribution in [3.8, 4) is 17.2 Å². The van der Waals surface area contributed by atoms with E-state index in [9.17, 15) is 4.79 Å². The molecule has 0 radical (unpaired) electrons. The Morgan fingerprint density at radius 1 is 0.931 bits per heavy atom. The van der Waals surface area contributed by atoms with Crippen LogP contribution in [-0.4, -0.2) is 32.3 Å². The summed E-state index contributed by atoms with van der Waals surface area (Å²) in [7, 11) is 4.75. The first-order valence-electron chi connectivity index (χ1n) is 9.06. The Labute approximate surface area is 169 Å². The van der Waals surface area contributed by atoms with Crippen LogP contribution in [0.25, 0.3) is 0 Å². The third-order valence-electron chi connectivity index (χ3n) is 4.36. The normalized spacial score (nSPS) is 10.3. The number of amides is 2. The number of furan rings is 1. The molecule has 3 rings (SSSR count). The summed E-state index contributed by atoms with van der Waals surface area (Å²) in [5.74, 6) is 2.59. The van der Waals surface area contributed by atoms with E-state index in [0.29, 0.717) is 41.8 Å². The molecule has 3 aromatic rings. The van der Waals surface area contributed by atoms with Crippen LogP contribution in [0.5, 0.6) is 17.2 Å². The van der Waals surface area contributed by atoms with Crippen molar-refractivity contribution in [2.24, 2.45) is 0 Å². The lowest BCUT2D eigenvalue weighted by Gasteiger charge is -2.23. The van der Waals surface area contributed by atoms with Gasteiger partial charge < -0.3 is 28.8 Å². The molecular formula is C22H24N2O5. The van der Waals surface area contributed by atoms with Crippen LogP contribution in [0, 0.1) is 0 Å². The van der Waals surface area contributed by atoms with Gasteiger partial charge in [-0.05, 0) is 42.0 Å². The predicted octanol–water partition coefficient (Wildman–Crippen LogP) is 4.54. The van der Waals surface area contributed by atoms with E-state index in [4.69, 9.17) is 18.6 Å². The third-order valence-corrected chi connectivity index (χ3v) is 4.36. The summed E-state index contributed by atoms with van der Waals surface area (Å²) in [5.41, 5.74) is 1.54. The number of carbonyl (C=O) groups excluding carboxylic acids is 1. The van der Waals surface area contributed by atoms with Crippen molar-refractivity contribution in [1.82, 2.24) is 4.90 Å². The maximum absolute atomic E-state index is 13.0. The minimum absolute atomic E-state index is 0.260. The van der Waals surface area contributed by atoms with Crippen molar-refractivity contribution >= 4 is 11.7 Å². The molecule has 0 saturated heterocycles. The molecule has 7 nitrogen and oxygen atoms in total. The van der Waals surface area contributed by atoms with Crippen LogP contribution >= 0.6 is 0 Å². The molecule has 0 saturated carbocycles. The fourth-order valence-electron chi connectivity index (χ4n) is 2.89. The second kappa shape index (κ2) is 9.54. The molecule has 2 amide bonds. The minimum Gasteiger partial charge on any atom is -0.497 e. The van der Waals surface area contributed by atoms with Gasteiger partial charge in [-0.1, -0.05) is 12.1 Å². The number of methoxy groups -OCH3 is 3. The van der Waals surface area contributed by atoms with E-state index in [1.165, 1.54) is 0 Å². The van der Waals surface area contributed by atoms with E-state index in [0.717, 1.165) is 5.56 Å². The highest BCUT2D eigenvalue weighted by Crippen LogP contribution is 2.28. The molecule has 1 N–H and O–H groups in total. The lowest BCUT2D eigenvalue weighted by molar-refractivity contribution is 0.201. The van der Waals surface area contributed by atoms with E-state index >= 15 is 0 Å². The molecule has 7 heteroatoms. The molecular weight excluding hydrogens is 372 g/mol. The summed E-state index contributed by atoms with van der Waals surface area (Å²) in [6, 6.07) is 16.1. The van der Waals surface area contributed by atoms with Gasteiger partial charge in [0, 0.05) is 18.3 Å². The number of hydrogen-bond donors (Lipinski definition) is 1. The topological polar surface area (TPSA) is 73.2 Å². The van der Waals surface area contributed by atoms with Gasteiger partial charge in [0.1, 0.15) is 11.5 Å². The third kappa shape index (κ3) is 5.22. The first-order valence-corrected chi connectivity index (χ1v) is 9.06. The summed E-state index contributed by atoms with van der Waals surface area (Å²) in [6.07, 6.45) is 1.59. The molecule has 0 aliphatic heterocycles. The van der Waals surface area contributed by atoms with Crippen LogP contribution in [0.2, 0.25) is 0 Å². The Morgan fingerprint density at radius 2 is 1.76 bits per heavy atom. The molecule has 0 aliphatic carbocycles. The smallest absolute Gasteiger partial charge is 0.322 e. The highest BCUT2D eigenvalue weighted by molar-refractivity contribution is 5.89. The summed E-state index contributed by atoms with van der Waals surface area (Å²) < 4.78 is 21.3. The molecule has 0 fully saturated rings. The fraction of sp³-hybridized carbons (Fsp3) is 0.227. The molecule has 2 aromatic carbocycles. The van der Waals surface area contributed by atoms with E-state index in [-0.39, 0.29) is 6.03 Å². The predicted molar refractivity (Wildman–Crippen MR) is 110 cm³/mol. The Morgan fingerprint density at radius 3 is 2.45 bits per heavy atom. The summed E-state index contributed by atoms with van der Waals surface area (Å²) in [5, 5.41) is 2.91. The largest absolute Gasteiger partial charge is 0.497 e. The van der Waals surface area contributed by atoms with Crippen molar-refractivity contribution < 1.29 is 23.4 Å². The lowest BCUT2D eigenvalue weighted by atomic mass is 10.2. The van der Waals surface area contributed by atoms with Gasteiger partial charge >= 0.3 is 6.03 Å². The van der Waals surface area contributed by atoms with Gasteiger partial charge in [0.25, 0.3) is 0 Å². The number of rotatable bonds is 8. The van der Waals surface area contributed by atoms with Gasteiger partial charge in [-0.15, -0.1) is 0 Å². The van der Waals surface area contributed by atoms with E-state index in [1.807, 2.05) is 42.5 Å². The molecule has 0 spiro atoms. The fourth-order valence-corrected chi connectivity index (χ4v) is 2.89. The van der Waals surface area contributed by atoms with Gasteiger partial charge in [-0.25, -0.2) is 4.79 Å². The summed E-state index contributed by atoms with van der Waals surface area (Å²) >= 11 is 0. The molecule has 1 heterocycles. The highest BCUT2D eigenvalue weighted by atomic mass is 16.5. The van der Waals surface area contributed by atoms with E-state index < -0.39 is 0 Å². The molecule has 0 unspecified atom stereocenters. The van der Waals surface area contributed by atoms with Crippen molar-refractivity contribution in [2.45, 2.75) is 13.1 Å². The molecule has 152 valence electrons. The average molecular weight is 396 g/mol. The van der Waals surface area contributed by atoms with Crippen LogP contribution in [0.3, 0.4) is 0 Å². The van der Waals surface area contributed by atoms with Crippen molar-refractivity contribution in [1.29, 1.82) is 0 Å². The van der Waals surface area contributed by atoms with Crippen molar-refractivity contribution in [3.63, 3.8) is 0 Å². The number of carbonyl (C=O) groups is 1. The molecule has 0 aliphatic rings. The van der Waals surface area contributed by atoms with Crippen molar-refractivity contribution in [2.75, 3.05) is 26.6 Å². The van der Waals surface area contributed by atoms with Gasteiger partial charge in [-0.2, -0.15) is 0 Å². The average Bonchev–Trinajstić information content (AvgIpc) is 3.26. The minimum atomic E-state index is -0.260. The number of benzene rings is 2. The van der Waals surface area contributed by atoms with Crippen LogP contribution < -0.4 is 19.5 Å². The Balaban J connectivity index is 1.81. The zero-order valence-corrected chi connectivity index (χ0v) is 16.7. The monoisotopic (exact) mass is 396 g/mol. The van der Waals surface area contributed by atoms with E-state index in [2.05, 4.69) is 5.32 Å². The standard InChI is InChI=1S/C22H24N2O5/c1-26-18-7-4-6-17(13-18)23-22(25)24(15-19-8-5-11-29-19)14-16-9-10-20(27-2)21(12-16)28-3/h4-13H,14-15H2,1-3H3,(H,23,25). The number of hydrogen-bond acceptors (Lipinski definition) is 5. The number of ether oxygens (including phenoxy) is 3. The number of nitrogens with one attached hydrogen (secondary N) is 1. The zero-order chi connectivity index (χ0) is 20.6. The van der Waals surface area contributed by atoms with E-state index in [1.54, 1.807) is 44.6 Å². The summed E-state index contributed by atoms with van der Waals surface area (Å²) in [4.78, 5) is 14.6. The number of nitrogens with zero attached hydrogens (tertiary/aromatic N) is 1. The van der Waals surface area contributed by atoms with Crippen LogP contribution in [-0.2, 0) is 13.1 Å². The van der Waals surface area contributed by atoms with Crippen LogP contribution in [0.4, 0.5) is 10.5 Å². The molecule has 0 bridgehead atoms. The second-order valence-electron chi connectivity index (χ2n) is 6.29. The quantitative estimate of drug-likeness (QED) is 0.605. The zero-order valence-electron chi connectivity index (χ0n) is 16.7. The van der Waals surface area contributed by atoms with Gasteiger partial charge in [0.2, 0.25) is 0 Å². The molecule has 1 aromatic heterocycles.